The van der Waals surface area contributed by atoms with Gasteiger partial charge in [0.05, 0.1) is 5.69 Å². The quantitative estimate of drug-likeness (QED) is 0.833. The number of ketones is 1. The molecule has 2 rings (SSSR count). The molecule has 0 unspecified atom stereocenters. The molecule has 0 amide bonds. The third-order valence-electron chi connectivity index (χ3n) is 2.50. The summed E-state index contributed by atoms with van der Waals surface area (Å²) in [5, 5.41) is 2.81. The van der Waals surface area contributed by atoms with Gasteiger partial charge >= 0.3 is 0 Å². The molecule has 2 aromatic rings. The number of rotatable bonds is 3. The summed E-state index contributed by atoms with van der Waals surface area (Å²) in [5.74, 6) is -1.31. The van der Waals surface area contributed by atoms with Crippen LogP contribution in [-0.2, 0) is 0 Å². The third-order valence-corrected chi connectivity index (χ3v) is 2.50. The molecule has 1 N–H and O–H groups in total. The van der Waals surface area contributed by atoms with Gasteiger partial charge < -0.3 is 5.32 Å². The fraction of sp³-hybridized carbons (Fsp3) is 0.0714. The van der Waals surface area contributed by atoms with Crippen LogP contribution in [0.2, 0.25) is 0 Å². The maximum Gasteiger partial charge on any atom is 0.159 e. The van der Waals surface area contributed by atoms with E-state index in [-0.39, 0.29) is 11.5 Å². The average molecular weight is 247 g/mol. The van der Waals surface area contributed by atoms with E-state index in [2.05, 4.69) is 5.32 Å². The summed E-state index contributed by atoms with van der Waals surface area (Å²) in [6.45, 7) is 1.47. The summed E-state index contributed by atoms with van der Waals surface area (Å²) in [6.07, 6.45) is 0. The molecular weight excluding hydrogens is 236 g/mol. The molecule has 18 heavy (non-hydrogen) atoms. The standard InChI is InChI=1S/C14H11F2NO/c1-9(18)10-2-5-12(6-3-10)17-14-7-4-11(15)8-13(14)16/h2-8,17H,1H3. The number of halogens is 2. The van der Waals surface area contributed by atoms with Gasteiger partial charge in [0.1, 0.15) is 11.6 Å². The van der Waals surface area contributed by atoms with Gasteiger partial charge in [-0.15, -0.1) is 0 Å². The van der Waals surface area contributed by atoms with Crippen molar-refractivity contribution in [2.45, 2.75) is 6.92 Å². The first-order valence-electron chi connectivity index (χ1n) is 5.39. The van der Waals surface area contributed by atoms with Crippen LogP contribution in [0.4, 0.5) is 20.2 Å². The highest BCUT2D eigenvalue weighted by molar-refractivity contribution is 5.94. The molecule has 0 spiro atoms. The van der Waals surface area contributed by atoms with Crippen molar-refractivity contribution in [1.29, 1.82) is 0 Å². The number of nitrogens with one attached hydrogen (secondary N) is 1. The zero-order valence-corrected chi connectivity index (χ0v) is 9.71. The first-order chi connectivity index (χ1) is 8.56. The Hall–Kier alpha value is -2.23. The molecular formula is C14H11F2NO. The van der Waals surface area contributed by atoms with Gasteiger partial charge in [0.25, 0.3) is 0 Å². The largest absolute Gasteiger partial charge is 0.353 e. The van der Waals surface area contributed by atoms with Gasteiger partial charge in [0.15, 0.2) is 5.78 Å². The van der Waals surface area contributed by atoms with Gasteiger partial charge in [0, 0.05) is 17.3 Å². The van der Waals surface area contributed by atoms with E-state index < -0.39 is 11.6 Å². The van der Waals surface area contributed by atoms with E-state index in [9.17, 15) is 13.6 Å². The predicted molar refractivity (Wildman–Crippen MR) is 66.1 cm³/mol. The van der Waals surface area contributed by atoms with E-state index in [1.165, 1.54) is 19.1 Å². The zero-order valence-electron chi connectivity index (χ0n) is 9.71. The van der Waals surface area contributed by atoms with Crippen LogP contribution in [0.3, 0.4) is 0 Å². The lowest BCUT2D eigenvalue weighted by atomic mass is 10.1. The smallest absolute Gasteiger partial charge is 0.159 e. The highest BCUT2D eigenvalue weighted by atomic mass is 19.1. The molecule has 2 nitrogen and oxygen atoms in total. The summed E-state index contributed by atoms with van der Waals surface area (Å²) >= 11 is 0. The molecule has 0 radical (unpaired) electrons. The Labute approximate surface area is 103 Å². The molecule has 2 aromatic carbocycles. The average Bonchev–Trinajstić information content (AvgIpc) is 2.33. The normalized spacial score (nSPS) is 10.2. The topological polar surface area (TPSA) is 29.1 Å². The lowest BCUT2D eigenvalue weighted by molar-refractivity contribution is 0.101. The van der Waals surface area contributed by atoms with Crippen molar-refractivity contribution in [1.82, 2.24) is 0 Å². The number of hydrogen-bond donors (Lipinski definition) is 1. The van der Waals surface area contributed by atoms with Crippen LogP contribution in [-0.4, -0.2) is 5.78 Å². The lowest BCUT2D eigenvalue weighted by Gasteiger charge is -2.08. The molecule has 0 saturated heterocycles. The molecule has 0 fully saturated rings. The Morgan fingerprint density at radius 3 is 2.28 bits per heavy atom. The number of hydrogen-bond acceptors (Lipinski definition) is 2. The Balaban J connectivity index is 2.21. The SMILES string of the molecule is CC(=O)c1ccc(Nc2ccc(F)cc2F)cc1. The Morgan fingerprint density at radius 2 is 1.72 bits per heavy atom. The second kappa shape index (κ2) is 4.96. The summed E-state index contributed by atoms with van der Waals surface area (Å²) in [4.78, 5) is 11.1. The van der Waals surface area contributed by atoms with Gasteiger partial charge in [0.2, 0.25) is 0 Å². The number of Topliss-reactive ketones (excluding diaryl/α,β-unsaturated/α-hetero) is 1. The van der Waals surface area contributed by atoms with Crippen LogP contribution in [0.1, 0.15) is 17.3 Å². The van der Waals surface area contributed by atoms with Crippen LogP contribution >= 0.6 is 0 Å². The fourth-order valence-corrected chi connectivity index (χ4v) is 1.53. The second-order valence-electron chi connectivity index (χ2n) is 3.88. The van der Waals surface area contributed by atoms with Crippen LogP contribution in [0.15, 0.2) is 42.5 Å². The fourth-order valence-electron chi connectivity index (χ4n) is 1.53. The van der Waals surface area contributed by atoms with Crippen molar-refractivity contribution in [2.75, 3.05) is 5.32 Å². The van der Waals surface area contributed by atoms with Crippen molar-refractivity contribution < 1.29 is 13.6 Å². The van der Waals surface area contributed by atoms with Crippen molar-refractivity contribution in [3.63, 3.8) is 0 Å². The number of carbonyl (C=O) groups is 1. The van der Waals surface area contributed by atoms with Crippen molar-refractivity contribution >= 4 is 17.2 Å². The number of anilines is 2. The van der Waals surface area contributed by atoms with E-state index in [4.69, 9.17) is 0 Å². The van der Waals surface area contributed by atoms with E-state index in [0.29, 0.717) is 11.3 Å². The Bertz CT molecular complexity index is 579. The van der Waals surface area contributed by atoms with Crippen molar-refractivity contribution in [3.05, 3.63) is 59.7 Å². The molecule has 0 aliphatic heterocycles. The maximum absolute atomic E-state index is 13.4. The van der Waals surface area contributed by atoms with Crippen molar-refractivity contribution in [2.24, 2.45) is 0 Å². The second-order valence-corrected chi connectivity index (χ2v) is 3.88. The van der Waals surface area contributed by atoms with Gasteiger partial charge in [-0.3, -0.25) is 4.79 Å². The van der Waals surface area contributed by atoms with Crippen LogP contribution in [0, 0.1) is 11.6 Å². The monoisotopic (exact) mass is 247 g/mol. The molecule has 0 aromatic heterocycles. The summed E-state index contributed by atoms with van der Waals surface area (Å²) < 4.78 is 26.1. The first kappa shape index (κ1) is 12.2. The first-order valence-corrected chi connectivity index (χ1v) is 5.39. The number of benzene rings is 2. The highest BCUT2D eigenvalue weighted by Crippen LogP contribution is 2.21. The summed E-state index contributed by atoms with van der Waals surface area (Å²) in [6, 6.07) is 9.93. The number of carbonyl (C=O) groups excluding carboxylic acids is 1. The minimum absolute atomic E-state index is 0.0329. The molecule has 0 saturated carbocycles. The third kappa shape index (κ3) is 2.71. The summed E-state index contributed by atoms with van der Waals surface area (Å²) in [5.41, 5.74) is 1.40. The molecule has 0 atom stereocenters. The van der Waals surface area contributed by atoms with E-state index in [1.807, 2.05) is 0 Å². The molecule has 0 heterocycles. The predicted octanol–water partition coefficient (Wildman–Crippen LogP) is 3.91. The minimum Gasteiger partial charge on any atom is -0.353 e. The molecule has 0 aliphatic rings. The van der Waals surface area contributed by atoms with Gasteiger partial charge in [-0.05, 0) is 43.3 Å². The zero-order chi connectivity index (χ0) is 13.1. The van der Waals surface area contributed by atoms with Gasteiger partial charge in [-0.1, -0.05) is 0 Å². The molecule has 0 bridgehead atoms. The van der Waals surface area contributed by atoms with Gasteiger partial charge in [-0.25, -0.2) is 8.78 Å². The Morgan fingerprint density at radius 1 is 1.06 bits per heavy atom. The maximum atomic E-state index is 13.4. The van der Waals surface area contributed by atoms with Crippen LogP contribution in [0.5, 0.6) is 0 Å². The molecule has 4 heteroatoms. The van der Waals surface area contributed by atoms with E-state index >= 15 is 0 Å². The van der Waals surface area contributed by atoms with E-state index in [1.54, 1.807) is 24.3 Å². The minimum atomic E-state index is -0.661. The van der Waals surface area contributed by atoms with Crippen LogP contribution < -0.4 is 5.32 Å². The Kier molecular flexibility index (Phi) is 3.37. The molecule has 0 aliphatic carbocycles. The van der Waals surface area contributed by atoms with Crippen LogP contribution in [0.25, 0.3) is 0 Å². The van der Waals surface area contributed by atoms with Crippen molar-refractivity contribution in [3.8, 4) is 0 Å². The highest BCUT2D eigenvalue weighted by Gasteiger charge is 2.04. The van der Waals surface area contributed by atoms with E-state index in [0.717, 1.165) is 6.07 Å². The molecule has 92 valence electrons. The summed E-state index contributed by atoms with van der Waals surface area (Å²) in [7, 11) is 0. The lowest BCUT2D eigenvalue weighted by Crippen LogP contribution is -1.96. The van der Waals surface area contributed by atoms with Gasteiger partial charge in [-0.2, -0.15) is 0 Å².